The van der Waals surface area contributed by atoms with Gasteiger partial charge in [-0.25, -0.2) is 4.79 Å². The van der Waals surface area contributed by atoms with Crippen LogP contribution < -0.4 is 11.1 Å². The number of amides is 1. The van der Waals surface area contributed by atoms with E-state index in [1.54, 1.807) is 0 Å². The van der Waals surface area contributed by atoms with Crippen LogP contribution in [-0.2, 0) is 9.53 Å². The molecule has 0 saturated carbocycles. The Kier molecular flexibility index (Phi) is 5.82. The Balaban J connectivity index is 1.91. The smallest absolute Gasteiger partial charge is 0.340 e. The number of hydrogen-bond acceptors (Lipinski definition) is 4. The maximum Gasteiger partial charge on any atom is 0.340 e. The van der Waals surface area contributed by atoms with Crippen LogP contribution in [0.1, 0.15) is 34.5 Å². The zero-order chi connectivity index (χ0) is 17.7. The number of benzene rings is 2. The molecule has 0 aliphatic rings. The fraction of sp³-hybridized carbons (Fsp3) is 0.222. The molecule has 3 N–H and O–H groups in total. The molecule has 0 heterocycles. The van der Waals surface area contributed by atoms with Crippen molar-refractivity contribution in [1.29, 1.82) is 0 Å². The van der Waals surface area contributed by atoms with E-state index in [4.69, 9.17) is 22.1 Å². The second-order valence-corrected chi connectivity index (χ2v) is 5.89. The fourth-order valence-electron chi connectivity index (χ4n) is 2.36. The number of anilines is 1. The number of halogens is 1. The number of aryl methyl sites for hydroxylation is 1. The third-order valence-corrected chi connectivity index (χ3v) is 3.84. The van der Waals surface area contributed by atoms with Gasteiger partial charge in [-0.2, -0.15) is 0 Å². The van der Waals surface area contributed by atoms with Crippen molar-refractivity contribution >= 4 is 29.2 Å². The average molecular weight is 347 g/mol. The molecule has 24 heavy (non-hydrogen) atoms. The molecule has 0 spiro atoms. The second-order valence-electron chi connectivity index (χ2n) is 5.45. The summed E-state index contributed by atoms with van der Waals surface area (Å²) in [5, 5.41) is 3.22. The molecular weight excluding hydrogens is 328 g/mol. The summed E-state index contributed by atoms with van der Waals surface area (Å²) < 4.78 is 5.00. The van der Waals surface area contributed by atoms with Crippen molar-refractivity contribution in [3.63, 3.8) is 0 Å². The molecule has 1 atom stereocenters. The van der Waals surface area contributed by atoms with Crippen molar-refractivity contribution in [3.8, 4) is 0 Å². The van der Waals surface area contributed by atoms with Gasteiger partial charge in [0.1, 0.15) is 0 Å². The first-order valence-electron chi connectivity index (χ1n) is 7.45. The number of carbonyl (C=O) groups is 2. The van der Waals surface area contributed by atoms with Gasteiger partial charge in [0.2, 0.25) is 0 Å². The number of nitrogens with one attached hydrogen (secondary N) is 1. The zero-order valence-electron chi connectivity index (χ0n) is 13.5. The number of nitrogens with two attached hydrogens (primary N) is 1. The van der Waals surface area contributed by atoms with E-state index in [1.807, 2.05) is 38.1 Å². The highest BCUT2D eigenvalue weighted by Gasteiger charge is 2.15. The molecule has 0 saturated heterocycles. The van der Waals surface area contributed by atoms with Gasteiger partial charge in [0.05, 0.1) is 11.6 Å². The molecule has 1 unspecified atom stereocenters. The number of hydrogen-bond donors (Lipinski definition) is 2. The summed E-state index contributed by atoms with van der Waals surface area (Å²) >= 11 is 5.78. The van der Waals surface area contributed by atoms with Crippen molar-refractivity contribution in [2.45, 2.75) is 19.9 Å². The molecule has 5 nitrogen and oxygen atoms in total. The van der Waals surface area contributed by atoms with Crippen molar-refractivity contribution in [2.75, 3.05) is 12.3 Å². The highest BCUT2D eigenvalue weighted by Crippen LogP contribution is 2.19. The van der Waals surface area contributed by atoms with Gasteiger partial charge < -0.3 is 15.8 Å². The van der Waals surface area contributed by atoms with Crippen molar-refractivity contribution in [2.24, 2.45) is 0 Å². The zero-order valence-corrected chi connectivity index (χ0v) is 14.3. The molecule has 0 bridgehead atoms. The van der Waals surface area contributed by atoms with Crippen LogP contribution in [0.2, 0.25) is 5.02 Å². The number of rotatable bonds is 5. The fourth-order valence-corrected chi connectivity index (χ4v) is 2.54. The molecular formula is C18H19ClN2O3. The molecule has 2 rings (SSSR count). The maximum atomic E-state index is 12.0. The van der Waals surface area contributed by atoms with Gasteiger partial charge >= 0.3 is 5.97 Å². The van der Waals surface area contributed by atoms with Crippen molar-refractivity contribution in [3.05, 3.63) is 64.2 Å². The molecule has 0 aliphatic heterocycles. The summed E-state index contributed by atoms with van der Waals surface area (Å²) in [5.41, 5.74) is 8.20. The van der Waals surface area contributed by atoms with E-state index >= 15 is 0 Å². The van der Waals surface area contributed by atoms with Crippen LogP contribution in [0.15, 0.2) is 42.5 Å². The predicted octanol–water partition coefficient (Wildman–Crippen LogP) is 3.26. The Morgan fingerprint density at radius 1 is 1.25 bits per heavy atom. The molecule has 6 heteroatoms. The first-order valence-corrected chi connectivity index (χ1v) is 7.83. The monoisotopic (exact) mass is 346 g/mol. The van der Waals surface area contributed by atoms with Gasteiger partial charge in [0.25, 0.3) is 5.91 Å². The van der Waals surface area contributed by atoms with Crippen molar-refractivity contribution in [1.82, 2.24) is 5.32 Å². The minimum absolute atomic E-state index is 0.180. The summed E-state index contributed by atoms with van der Waals surface area (Å²) in [6.45, 7) is 3.47. The van der Waals surface area contributed by atoms with Crippen molar-refractivity contribution < 1.29 is 14.3 Å². The Labute approximate surface area is 145 Å². The topological polar surface area (TPSA) is 81.4 Å². The molecule has 2 aromatic carbocycles. The van der Waals surface area contributed by atoms with Gasteiger partial charge in [0.15, 0.2) is 6.61 Å². The summed E-state index contributed by atoms with van der Waals surface area (Å²) in [4.78, 5) is 23.9. The molecule has 2 aromatic rings. The number of ether oxygens (including phenoxy) is 1. The molecule has 0 aliphatic carbocycles. The van der Waals surface area contributed by atoms with Gasteiger partial charge in [-0.1, -0.05) is 35.9 Å². The molecule has 126 valence electrons. The lowest BCUT2D eigenvalue weighted by atomic mass is 10.0. The van der Waals surface area contributed by atoms with E-state index in [0.29, 0.717) is 5.02 Å². The quantitative estimate of drug-likeness (QED) is 0.643. The van der Waals surface area contributed by atoms with Crippen LogP contribution in [0.5, 0.6) is 0 Å². The highest BCUT2D eigenvalue weighted by atomic mass is 35.5. The molecule has 0 radical (unpaired) electrons. The predicted molar refractivity (Wildman–Crippen MR) is 93.9 cm³/mol. The highest BCUT2D eigenvalue weighted by molar-refractivity contribution is 6.31. The second kappa shape index (κ2) is 7.84. The van der Waals surface area contributed by atoms with Crippen LogP contribution in [0, 0.1) is 6.92 Å². The third kappa shape index (κ3) is 4.49. The SMILES string of the molecule is Cc1ccccc1C(C)NC(=O)COC(=O)c1ccc(Cl)cc1N. The van der Waals surface area contributed by atoms with Crippen LogP contribution in [0.25, 0.3) is 0 Å². The molecule has 1 amide bonds. The van der Waals surface area contributed by atoms with E-state index in [2.05, 4.69) is 5.32 Å². The van der Waals surface area contributed by atoms with Crippen LogP contribution in [0.4, 0.5) is 5.69 Å². The van der Waals surface area contributed by atoms with E-state index in [0.717, 1.165) is 11.1 Å². The van der Waals surface area contributed by atoms with Gasteiger partial charge in [-0.3, -0.25) is 4.79 Å². The Hall–Kier alpha value is -2.53. The Bertz CT molecular complexity index is 762. The first-order chi connectivity index (χ1) is 11.4. The summed E-state index contributed by atoms with van der Waals surface area (Å²) in [6.07, 6.45) is 0. The first kappa shape index (κ1) is 17.8. The summed E-state index contributed by atoms with van der Waals surface area (Å²) in [7, 11) is 0. The van der Waals surface area contributed by atoms with Gasteiger partial charge in [0, 0.05) is 10.7 Å². The number of esters is 1. The minimum Gasteiger partial charge on any atom is -0.452 e. The summed E-state index contributed by atoms with van der Waals surface area (Å²) in [6, 6.07) is 12.0. The van der Waals surface area contributed by atoms with Crippen LogP contribution in [-0.4, -0.2) is 18.5 Å². The van der Waals surface area contributed by atoms with Crippen LogP contribution >= 0.6 is 11.6 Å². The van der Waals surface area contributed by atoms with Crippen LogP contribution in [0.3, 0.4) is 0 Å². The third-order valence-electron chi connectivity index (χ3n) is 3.60. The van der Waals surface area contributed by atoms with E-state index in [-0.39, 0.29) is 29.8 Å². The lowest BCUT2D eigenvalue weighted by Gasteiger charge is -2.16. The number of carbonyl (C=O) groups excluding carboxylic acids is 2. The largest absolute Gasteiger partial charge is 0.452 e. The Morgan fingerprint density at radius 3 is 2.62 bits per heavy atom. The summed E-state index contributed by atoms with van der Waals surface area (Å²) in [5.74, 6) is -1.05. The lowest BCUT2D eigenvalue weighted by molar-refractivity contribution is -0.124. The standard InChI is InChI=1S/C18H19ClN2O3/c1-11-5-3-4-6-14(11)12(2)21-17(22)10-24-18(23)15-8-7-13(19)9-16(15)20/h3-9,12H,10,20H2,1-2H3,(H,21,22). The van der Waals surface area contributed by atoms with E-state index in [9.17, 15) is 9.59 Å². The number of nitrogen functional groups attached to an aromatic ring is 1. The van der Waals surface area contributed by atoms with Gasteiger partial charge in [-0.05, 0) is 43.2 Å². The van der Waals surface area contributed by atoms with E-state index < -0.39 is 5.97 Å². The molecule has 0 aromatic heterocycles. The maximum absolute atomic E-state index is 12.0. The minimum atomic E-state index is -0.664. The average Bonchev–Trinajstić information content (AvgIpc) is 2.53. The normalized spacial score (nSPS) is 11.6. The van der Waals surface area contributed by atoms with Gasteiger partial charge in [-0.15, -0.1) is 0 Å². The Morgan fingerprint density at radius 2 is 1.96 bits per heavy atom. The molecule has 0 fully saturated rings. The van der Waals surface area contributed by atoms with E-state index in [1.165, 1.54) is 18.2 Å². The lowest BCUT2D eigenvalue weighted by Crippen LogP contribution is -2.31.